The van der Waals surface area contributed by atoms with Gasteiger partial charge in [-0.25, -0.2) is 4.79 Å². The molecular formula is C67H114O12. The van der Waals surface area contributed by atoms with Gasteiger partial charge >= 0.3 is 23.9 Å². The number of carbonyl (C=O) groups is 4. The lowest BCUT2D eigenvalue weighted by atomic mass is 9.98. The molecule has 1 saturated heterocycles. The highest BCUT2D eigenvalue weighted by Crippen LogP contribution is 2.26. The summed E-state index contributed by atoms with van der Waals surface area (Å²) in [5, 5.41) is 31.6. The second-order valence-electron chi connectivity index (χ2n) is 21.7. The van der Waals surface area contributed by atoms with Gasteiger partial charge in [0.15, 0.2) is 24.6 Å². The van der Waals surface area contributed by atoms with Gasteiger partial charge in [-0.15, -0.1) is 0 Å². The Bertz CT molecular complexity index is 1650. The number of carboxylic acids is 1. The molecule has 0 aliphatic carbocycles. The number of carbonyl (C=O) groups excluding carboxylic acids is 3. The van der Waals surface area contributed by atoms with E-state index in [4.69, 9.17) is 23.7 Å². The molecular weight excluding hydrogens is 997 g/mol. The number of esters is 3. The highest BCUT2D eigenvalue weighted by atomic mass is 16.7. The van der Waals surface area contributed by atoms with E-state index in [9.17, 15) is 34.5 Å². The first-order chi connectivity index (χ1) is 38.6. The number of hydrogen-bond donors (Lipinski definition) is 3. The zero-order chi connectivity index (χ0) is 57.5. The molecule has 0 spiro atoms. The molecule has 1 rings (SSSR count). The summed E-state index contributed by atoms with van der Waals surface area (Å²) in [5.74, 6) is -3.15. The first-order valence-corrected chi connectivity index (χ1v) is 31.9. The number of aliphatic hydroxyl groups excluding tert-OH is 2. The van der Waals surface area contributed by atoms with E-state index in [2.05, 4.69) is 93.7 Å². The maximum Gasteiger partial charge on any atom is 0.335 e. The zero-order valence-electron chi connectivity index (χ0n) is 50.1. The van der Waals surface area contributed by atoms with Crippen LogP contribution in [-0.4, -0.2) is 89.2 Å². The lowest BCUT2D eigenvalue weighted by Gasteiger charge is -2.40. The molecule has 0 bridgehead atoms. The Morgan fingerprint density at radius 2 is 0.759 bits per heavy atom. The van der Waals surface area contributed by atoms with Crippen LogP contribution < -0.4 is 0 Å². The summed E-state index contributed by atoms with van der Waals surface area (Å²) in [4.78, 5) is 51.3. The minimum absolute atomic E-state index is 0.0430. The quantitative estimate of drug-likeness (QED) is 0.0228. The maximum atomic E-state index is 13.2. The van der Waals surface area contributed by atoms with Gasteiger partial charge in [0.1, 0.15) is 18.8 Å². The molecule has 454 valence electrons. The Morgan fingerprint density at radius 1 is 0.418 bits per heavy atom. The number of aliphatic carboxylic acids is 1. The molecule has 12 nitrogen and oxygen atoms in total. The molecule has 3 N–H and O–H groups in total. The second kappa shape index (κ2) is 54.7. The highest BCUT2D eigenvalue weighted by Gasteiger charge is 2.50. The van der Waals surface area contributed by atoms with Crippen molar-refractivity contribution < 1.29 is 58.2 Å². The van der Waals surface area contributed by atoms with Crippen molar-refractivity contribution in [1.82, 2.24) is 0 Å². The Labute approximate surface area is 480 Å². The molecule has 1 fully saturated rings. The number of unbranched alkanes of at least 4 members (excludes halogenated alkanes) is 28. The standard InChI is InChI=1S/C67H114O12/c1-4-7-10-13-16-19-22-25-27-29-30-32-34-37-40-43-46-49-52-55-61(70)78-65-63(72)62(71)64(66(73)74)79-67(65)76-57-58(77-60(69)54-51-48-45-42-39-35-24-21-18-15-12-9-6-3)56-75-59(68)53-50-47-44-41-38-36-33-31-28-26-23-20-17-14-11-8-5-2/h16-17,19-21,24-28,30,32,58,62-65,67,71-72H,4-15,18,22-23,29,31,33-57H2,1-3H3,(H,73,74)/b19-16-,20-17-,24-21-,27-25-,28-26-,32-30-. The van der Waals surface area contributed by atoms with E-state index in [0.29, 0.717) is 19.3 Å². The summed E-state index contributed by atoms with van der Waals surface area (Å²) < 4.78 is 28.5. The van der Waals surface area contributed by atoms with Crippen LogP contribution in [0.2, 0.25) is 0 Å². The van der Waals surface area contributed by atoms with E-state index in [1.54, 1.807) is 0 Å². The van der Waals surface area contributed by atoms with Gasteiger partial charge in [-0.3, -0.25) is 14.4 Å². The lowest BCUT2D eigenvalue weighted by molar-refractivity contribution is -0.301. The van der Waals surface area contributed by atoms with Crippen LogP contribution in [-0.2, 0) is 42.9 Å². The largest absolute Gasteiger partial charge is 0.479 e. The Morgan fingerprint density at radius 3 is 1.19 bits per heavy atom. The number of rotatable bonds is 54. The number of aliphatic hydroxyl groups is 2. The average Bonchev–Trinajstić information content (AvgIpc) is 3.46. The molecule has 0 aromatic carbocycles. The number of allylic oxidation sites excluding steroid dienone is 12. The molecule has 1 aliphatic rings. The van der Waals surface area contributed by atoms with Crippen molar-refractivity contribution in [1.29, 1.82) is 0 Å². The minimum Gasteiger partial charge on any atom is -0.479 e. The van der Waals surface area contributed by atoms with E-state index < -0.39 is 67.3 Å². The van der Waals surface area contributed by atoms with E-state index in [-0.39, 0.29) is 25.9 Å². The fourth-order valence-electron chi connectivity index (χ4n) is 9.28. The van der Waals surface area contributed by atoms with Gasteiger partial charge < -0.3 is 39.0 Å². The summed E-state index contributed by atoms with van der Waals surface area (Å²) >= 11 is 0. The van der Waals surface area contributed by atoms with E-state index in [1.165, 1.54) is 89.9 Å². The summed E-state index contributed by atoms with van der Waals surface area (Å²) in [6.45, 7) is 5.93. The first kappa shape index (κ1) is 73.2. The van der Waals surface area contributed by atoms with E-state index >= 15 is 0 Å². The van der Waals surface area contributed by atoms with Crippen molar-refractivity contribution in [3.8, 4) is 0 Å². The average molecular weight is 1110 g/mol. The van der Waals surface area contributed by atoms with Crippen molar-refractivity contribution in [2.45, 2.75) is 314 Å². The molecule has 1 aliphatic heterocycles. The van der Waals surface area contributed by atoms with Crippen LogP contribution in [0, 0.1) is 0 Å². The number of ether oxygens (including phenoxy) is 5. The molecule has 1 heterocycles. The molecule has 0 amide bonds. The summed E-state index contributed by atoms with van der Waals surface area (Å²) in [5.41, 5.74) is 0. The SMILES string of the molecule is CCCCC/C=C\C/C=C\C/C=C\CCCCCCCCC(=O)OC1C(OCC(COC(=O)CCCCCCCCC/C=C\C/C=C\CCCCC)OC(=O)CCCCCCC/C=C\CCCCCC)OC(C(=O)O)C(O)C1O. The minimum atomic E-state index is -1.91. The van der Waals surface area contributed by atoms with Crippen LogP contribution in [0.15, 0.2) is 72.9 Å². The molecule has 0 radical (unpaired) electrons. The number of carboxylic acid groups (broad SMARTS) is 1. The van der Waals surface area contributed by atoms with Gasteiger partial charge in [0.25, 0.3) is 0 Å². The lowest BCUT2D eigenvalue weighted by Crippen LogP contribution is -2.61. The normalized spacial score (nSPS) is 18.3. The first-order valence-electron chi connectivity index (χ1n) is 31.9. The third-order valence-corrected chi connectivity index (χ3v) is 14.2. The van der Waals surface area contributed by atoms with Crippen LogP contribution >= 0.6 is 0 Å². The second-order valence-corrected chi connectivity index (χ2v) is 21.7. The van der Waals surface area contributed by atoms with Gasteiger partial charge in [-0.2, -0.15) is 0 Å². The third-order valence-electron chi connectivity index (χ3n) is 14.2. The van der Waals surface area contributed by atoms with E-state index in [0.717, 1.165) is 128 Å². The topological polar surface area (TPSA) is 175 Å². The Kier molecular flexibility index (Phi) is 50.7. The van der Waals surface area contributed by atoms with Crippen molar-refractivity contribution in [2.75, 3.05) is 13.2 Å². The van der Waals surface area contributed by atoms with Gasteiger partial charge in [-0.1, -0.05) is 216 Å². The maximum absolute atomic E-state index is 13.2. The number of hydrogen-bond acceptors (Lipinski definition) is 11. The van der Waals surface area contributed by atoms with Gasteiger partial charge in [0.2, 0.25) is 0 Å². The molecule has 6 atom stereocenters. The monoisotopic (exact) mass is 1110 g/mol. The summed E-state index contributed by atoms with van der Waals surface area (Å²) in [6, 6.07) is 0. The molecule has 6 unspecified atom stereocenters. The fourth-order valence-corrected chi connectivity index (χ4v) is 9.28. The van der Waals surface area contributed by atoms with Crippen molar-refractivity contribution in [2.24, 2.45) is 0 Å². The van der Waals surface area contributed by atoms with Gasteiger partial charge in [-0.05, 0) is 116 Å². The molecule has 79 heavy (non-hydrogen) atoms. The summed E-state index contributed by atoms with van der Waals surface area (Å²) in [6.07, 6.45) is 57.1. The van der Waals surface area contributed by atoms with Crippen LogP contribution in [0.3, 0.4) is 0 Å². The third kappa shape index (κ3) is 44.5. The van der Waals surface area contributed by atoms with Crippen LogP contribution in [0.25, 0.3) is 0 Å². The van der Waals surface area contributed by atoms with Gasteiger partial charge in [0.05, 0.1) is 6.61 Å². The summed E-state index contributed by atoms with van der Waals surface area (Å²) in [7, 11) is 0. The van der Waals surface area contributed by atoms with Crippen LogP contribution in [0.4, 0.5) is 0 Å². The smallest absolute Gasteiger partial charge is 0.335 e. The molecule has 0 aromatic heterocycles. The van der Waals surface area contributed by atoms with Gasteiger partial charge in [0, 0.05) is 19.3 Å². The zero-order valence-corrected chi connectivity index (χ0v) is 50.1. The molecule has 0 saturated carbocycles. The van der Waals surface area contributed by atoms with Crippen LogP contribution in [0.1, 0.15) is 278 Å². The Balaban J connectivity index is 2.67. The van der Waals surface area contributed by atoms with E-state index in [1.807, 2.05) is 0 Å². The van der Waals surface area contributed by atoms with Crippen molar-refractivity contribution >= 4 is 23.9 Å². The van der Waals surface area contributed by atoms with Crippen molar-refractivity contribution in [3.63, 3.8) is 0 Å². The molecule has 12 heteroatoms. The van der Waals surface area contributed by atoms with Crippen LogP contribution in [0.5, 0.6) is 0 Å². The Hall–Kier alpha value is -3.84. The highest BCUT2D eigenvalue weighted by molar-refractivity contribution is 5.74. The van der Waals surface area contributed by atoms with Crippen molar-refractivity contribution in [3.05, 3.63) is 72.9 Å². The predicted molar refractivity (Wildman–Crippen MR) is 322 cm³/mol. The predicted octanol–water partition coefficient (Wildman–Crippen LogP) is 16.9. The molecule has 0 aromatic rings. The fraction of sp³-hybridized carbons (Fsp3) is 0.761.